The molecule has 0 fully saturated rings. The van der Waals surface area contributed by atoms with Crippen molar-refractivity contribution in [2.45, 2.75) is 52.4 Å². The Labute approximate surface area is 144 Å². The third kappa shape index (κ3) is 5.05. The summed E-state index contributed by atoms with van der Waals surface area (Å²) in [6.07, 6.45) is 4.34. The molecule has 0 aliphatic carbocycles. The van der Waals surface area contributed by atoms with E-state index in [0.717, 1.165) is 11.1 Å². The zero-order chi connectivity index (χ0) is 18.7. The number of benzene rings is 1. The van der Waals surface area contributed by atoms with Crippen LogP contribution in [0.2, 0.25) is 0 Å². The SMILES string of the molecule is CC(C)(C)c1cc(N)c(O)c(C(C)(C)C)c1.N=C1C=CN=CC1=N. The zero-order valence-corrected chi connectivity index (χ0v) is 15.4. The quantitative estimate of drug-likeness (QED) is 0.423. The molecule has 0 bridgehead atoms. The first kappa shape index (κ1) is 19.6. The molecule has 1 aromatic carbocycles. The van der Waals surface area contributed by atoms with Gasteiger partial charge in [0, 0.05) is 11.8 Å². The topological polar surface area (TPSA) is 106 Å². The van der Waals surface area contributed by atoms with Crippen LogP contribution >= 0.6 is 0 Å². The van der Waals surface area contributed by atoms with Crippen LogP contribution in [-0.2, 0) is 10.8 Å². The van der Waals surface area contributed by atoms with E-state index >= 15 is 0 Å². The molecule has 0 amide bonds. The van der Waals surface area contributed by atoms with Crippen molar-refractivity contribution in [2.75, 3.05) is 5.73 Å². The van der Waals surface area contributed by atoms with Gasteiger partial charge in [0.05, 0.1) is 23.3 Å². The van der Waals surface area contributed by atoms with Gasteiger partial charge in [-0.25, -0.2) is 0 Å². The van der Waals surface area contributed by atoms with Gasteiger partial charge in [-0.05, 0) is 28.5 Å². The smallest absolute Gasteiger partial charge is 0.142 e. The second kappa shape index (κ2) is 6.99. The lowest BCUT2D eigenvalue weighted by atomic mass is 9.80. The van der Waals surface area contributed by atoms with Gasteiger partial charge in [-0.2, -0.15) is 0 Å². The third-order valence-electron chi connectivity index (χ3n) is 3.63. The van der Waals surface area contributed by atoms with Gasteiger partial charge < -0.3 is 10.8 Å². The van der Waals surface area contributed by atoms with Crippen molar-refractivity contribution in [3.8, 4) is 5.75 Å². The molecule has 5 N–H and O–H groups in total. The van der Waals surface area contributed by atoms with Gasteiger partial charge in [0.1, 0.15) is 5.75 Å². The van der Waals surface area contributed by atoms with Crippen LogP contribution in [0.1, 0.15) is 52.7 Å². The maximum absolute atomic E-state index is 10.00. The Balaban J connectivity index is 0.000000300. The fraction of sp³-hybridized carbons (Fsp3) is 0.421. The minimum Gasteiger partial charge on any atom is -0.505 e. The molecule has 1 heterocycles. The Bertz CT molecular complexity index is 679. The largest absolute Gasteiger partial charge is 0.505 e. The molecular formula is C19H28N4O. The number of hydrogen-bond donors (Lipinski definition) is 4. The summed E-state index contributed by atoms with van der Waals surface area (Å²) >= 11 is 0. The van der Waals surface area contributed by atoms with Crippen LogP contribution in [0, 0.1) is 10.8 Å². The first-order valence-electron chi connectivity index (χ1n) is 7.84. The molecule has 5 heteroatoms. The highest BCUT2D eigenvalue weighted by atomic mass is 16.3. The molecule has 0 spiro atoms. The number of rotatable bonds is 0. The van der Waals surface area contributed by atoms with Gasteiger partial charge in [-0.3, -0.25) is 15.8 Å². The van der Waals surface area contributed by atoms with E-state index in [1.807, 2.05) is 6.07 Å². The Morgan fingerprint density at radius 3 is 1.92 bits per heavy atom. The van der Waals surface area contributed by atoms with E-state index < -0.39 is 0 Å². The third-order valence-corrected chi connectivity index (χ3v) is 3.63. The summed E-state index contributed by atoms with van der Waals surface area (Å²) < 4.78 is 0. The van der Waals surface area contributed by atoms with Crippen LogP contribution in [0.4, 0.5) is 5.69 Å². The number of phenols is 1. The fourth-order valence-electron chi connectivity index (χ4n) is 2.06. The maximum Gasteiger partial charge on any atom is 0.142 e. The van der Waals surface area contributed by atoms with Crippen molar-refractivity contribution < 1.29 is 5.11 Å². The second-order valence-corrected chi connectivity index (χ2v) is 7.88. The van der Waals surface area contributed by atoms with Gasteiger partial charge >= 0.3 is 0 Å². The van der Waals surface area contributed by atoms with Gasteiger partial charge in [0.25, 0.3) is 0 Å². The van der Waals surface area contributed by atoms with Crippen molar-refractivity contribution in [3.05, 3.63) is 35.5 Å². The molecule has 0 saturated heterocycles. The summed E-state index contributed by atoms with van der Waals surface area (Å²) in [5.74, 6) is 0.223. The summed E-state index contributed by atoms with van der Waals surface area (Å²) in [7, 11) is 0. The van der Waals surface area contributed by atoms with Gasteiger partial charge in [0.2, 0.25) is 0 Å². The Hall–Kier alpha value is -2.43. The van der Waals surface area contributed by atoms with E-state index in [0.29, 0.717) is 5.69 Å². The van der Waals surface area contributed by atoms with Crippen LogP contribution in [0.5, 0.6) is 5.75 Å². The Kier molecular flexibility index (Phi) is 5.71. The van der Waals surface area contributed by atoms with Crippen LogP contribution in [0.15, 0.2) is 29.4 Å². The molecule has 0 saturated carbocycles. The van der Waals surface area contributed by atoms with Crippen molar-refractivity contribution in [3.63, 3.8) is 0 Å². The van der Waals surface area contributed by atoms with Crippen LogP contribution in [0.25, 0.3) is 0 Å². The molecule has 130 valence electrons. The number of aliphatic imine (C=N–C) groups is 1. The van der Waals surface area contributed by atoms with Crippen LogP contribution in [-0.4, -0.2) is 22.7 Å². The lowest BCUT2D eigenvalue weighted by Crippen LogP contribution is -2.17. The lowest BCUT2D eigenvalue weighted by Gasteiger charge is -2.26. The number of allylic oxidation sites excluding steroid dienone is 1. The number of phenolic OH excluding ortho intramolecular Hbond substituents is 1. The first-order chi connectivity index (χ1) is 10.8. The summed E-state index contributed by atoms with van der Waals surface area (Å²) in [4.78, 5) is 3.64. The summed E-state index contributed by atoms with van der Waals surface area (Å²) in [6.45, 7) is 12.7. The number of aromatic hydroxyl groups is 1. The molecular weight excluding hydrogens is 300 g/mol. The minimum absolute atomic E-state index is 0.0435. The Morgan fingerprint density at radius 1 is 0.958 bits per heavy atom. The molecule has 0 atom stereocenters. The highest BCUT2D eigenvalue weighted by molar-refractivity contribution is 6.64. The molecule has 1 aliphatic rings. The second-order valence-electron chi connectivity index (χ2n) is 7.88. The van der Waals surface area contributed by atoms with Crippen LogP contribution in [0.3, 0.4) is 0 Å². The lowest BCUT2D eigenvalue weighted by molar-refractivity contribution is 0.447. The van der Waals surface area contributed by atoms with Crippen molar-refractivity contribution in [1.82, 2.24) is 0 Å². The average Bonchev–Trinajstić information content (AvgIpc) is 2.43. The van der Waals surface area contributed by atoms with Crippen LogP contribution < -0.4 is 5.73 Å². The zero-order valence-electron chi connectivity index (χ0n) is 15.4. The predicted molar refractivity (Wildman–Crippen MR) is 103 cm³/mol. The number of nitrogens with zero attached hydrogens (tertiary/aromatic N) is 1. The molecule has 0 aromatic heterocycles. The van der Waals surface area contributed by atoms with E-state index in [-0.39, 0.29) is 28.0 Å². The molecule has 1 aromatic rings. The molecule has 1 aliphatic heterocycles. The van der Waals surface area contributed by atoms with E-state index in [4.69, 9.17) is 16.6 Å². The number of nitrogens with one attached hydrogen (secondary N) is 2. The normalized spacial score (nSPS) is 14.4. The van der Waals surface area contributed by atoms with E-state index in [1.54, 1.807) is 0 Å². The molecule has 0 radical (unpaired) electrons. The average molecular weight is 328 g/mol. The van der Waals surface area contributed by atoms with Gasteiger partial charge in [-0.1, -0.05) is 47.6 Å². The first-order valence-corrected chi connectivity index (χ1v) is 7.84. The van der Waals surface area contributed by atoms with Gasteiger partial charge in [0.15, 0.2) is 0 Å². The maximum atomic E-state index is 10.00. The van der Waals surface area contributed by atoms with Gasteiger partial charge in [-0.15, -0.1) is 0 Å². The van der Waals surface area contributed by atoms with E-state index in [1.165, 1.54) is 18.5 Å². The van der Waals surface area contributed by atoms with Crippen molar-refractivity contribution >= 4 is 23.3 Å². The van der Waals surface area contributed by atoms with E-state index in [9.17, 15) is 5.11 Å². The predicted octanol–water partition coefficient (Wildman–Crippen LogP) is 4.19. The Morgan fingerprint density at radius 2 is 1.54 bits per heavy atom. The molecule has 24 heavy (non-hydrogen) atoms. The standard InChI is InChI=1S/C14H23NO.C5H5N3/c1-13(2,3)9-7-10(14(4,5)6)12(16)11(15)8-9;6-4-1-2-8-3-5(4)7/h7-8,16H,15H2,1-6H3;1-3,6-7H. The molecule has 0 unspecified atom stereocenters. The highest BCUT2D eigenvalue weighted by Gasteiger charge is 2.23. The number of hydrogen-bond acceptors (Lipinski definition) is 5. The van der Waals surface area contributed by atoms with Crippen molar-refractivity contribution in [2.24, 2.45) is 4.99 Å². The summed E-state index contributed by atoms with van der Waals surface area (Å²) in [5.41, 5.74) is 8.75. The minimum atomic E-state index is -0.0978. The number of nitrogens with two attached hydrogens (primary N) is 1. The summed E-state index contributed by atoms with van der Waals surface area (Å²) in [5, 5.41) is 24.0. The highest BCUT2D eigenvalue weighted by Crippen LogP contribution is 2.38. The molecule has 2 rings (SSSR count). The van der Waals surface area contributed by atoms with Crippen molar-refractivity contribution in [1.29, 1.82) is 10.8 Å². The fourth-order valence-corrected chi connectivity index (χ4v) is 2.06. The monoisotopic (exact) mass is 328 g/mol. The number of nitrogen functional groups attached to an aromatic ring is 1. The summed E-state index contributed by atoms with van der Waals surface area (Å²) in [6, 6.07) is 3.93. The van der Waals surface area contributed by atoms with E-state index in [2.05, 4.69) is 52.6 Å². The molecule has 5 nitrogen and oxygen atoms in total. The number of anilines is 1.